The Morgan fingerprint density at radius 2 is 2.05 bits per heavy atom. The summed E-state index contributed by atoms with van der Waals surface area (Å²) in [4.78, 5) is 25.4. The molecule has 2 N–H and O–H groups in total. The molecule has 1 fully saturated rings. The fraction of sp³-hybridized carbons (Fsp3) is 0.875. The van der Waals surface area contributed by atoms with Crippen molar-refractivity contribution in [1.82, 2.24) is 10.2 Å². The van der Waals surface area contributed by atoms with Crippen molar-refractivity contribution in [1.29, 1.82) is 0 Å². The normalized spacial score (nSPS) is 22.8. The van der Waals surface area contributed by atoms with Gasteiger partial charge in [-0.1, -0.05) is 26.7 Å². The van der Waals surface area contributed by atoms with Gasteiger partial charge in [0.2, 0.25) is 0 Å². The molecule has 3 atom stereocenters. The highest BCUT2D eigenvalue weighted by molar-refractivity contribution is 5.75. The molecule has 1 rings (SSSR count). The van der Waals surface area contributed by atoms with Gasteiger partial charge in [-0.15, -0.1) is 0 Å². The molecule has 1 aliphatic rings. The molecule has 0 heterocycles. The number of hydrogen-bond donors (Lipinski definition) is 2. The first-order chi connectivity index (χ1) is 10.0. The molecule has 0 radical (unpaired) electrons. The Bertz CT molecular complexity index is 346. The van der Waals surface area contributed by atoms with Crippen molar-refractivity contribution in [2.45, 2.75) is 65.3 Å². The van der Waals surface area contributed by atoms with Crippen LogP contribution in [0.25, 0.3) is 0 Å². The van der Waals surface area contributed by atoms with Crippen molar-refractivity contribution in [3.63, 3.8) is 0 Å². The number of amides is 2. The van der Waals surface area contributed by atoms with E-state index in [1.165, 1.54) is 0 Å². The van der Waals surface area contributed by atoms with E-state index >= 15 is 0 Å². The first kappa shape index (κ1) is 17.8. The lowest BCUT2D eigenvalue weighted by Crippen LogP contribution is -2.47. The highest BCUT2D eigenvalue weighted by Crippen LogP contribution is 2.31. The van der Waals surface area contributed by atoms with E-state index in [0.29, 0.717) is 6.54 Å². The lowest BCUT2D eigenvalue weighted by molar-refractivity contribution is -0.142. The van der Waals surface area contributed by atoms with E-state index in [9.17, 15) is 14.7 Å². The number of carbonyl (C=O) groups is 2. The van der Waals surface area contributed by atoms with Crippen LogP contribution in [0.5, 0.6) is 0 Å². The van der Waals surface area contributed by atoms with E-state index in [0.717, 1.165) is 45.1 Å². The number of carbonyl (C=O) groups excluding carboxylic acids is 1. The van der Waals surface area contributed by atoms with Gasteiger partial charge in [0.15, 0.2) is 0 Å². The number of nitrogens with zero attached hydrogens (tertiary/aromatic N) is 1. The highest BCUT2D eigenvalue weighted by Gasteiger charge is 2.33. The minimum absolute atomic E-state index is 0.0474. The van der Waals surface area contributed by atoms with Gasteiger partial charge in [-0.05, 0) is 38.5 Å². The predicted molar refractivity (Wildman–Crippen MR) is 83.2 cm³/mol. The van der Waals surface area contributed by atoms with Crippen LogP contribution in [0.4, 0.5) is 4.79 Å². The largest absolute Gasteiger partial charge is 0.481 e. The molecular weight excluding hydrogens is 268 g/mol. The number of unbranched alkanes of at least 4 members (excludes halogenated alkanes) is 1. The van der Waals surface area contributed by atoms with Crippen LogP contribution in [0.15, 0.2) is 0 Å². The van der Waals surface area contributed by atoms with E-state index in [4.69, 9.17) is 0 Å². The van der Waals surface area contributed by atoms with Crippen molar-refractivity contribution in [3.05, 3.63) is 0 Å². The lowest BCUT2D eigenvalue weighted by Gasteiger charge is -2.29. The molecule has 21 heavy (non-hydrogen) atoms. The molecule has 1 saturated carbocycles. The van der Waals surface area contributed by atoms with Crippen LogP contribution in [0.1, 0.15) is 59.3 Å². The SMILES string of the molecule is CCCCN(C(=O)NCC1CCCC1C(=O)O)C(C)CC. The minimum atomic E-state index is -0.725. The third-order valence-electron chi connectivity index (χ3n) is 4.63. The molecule has 0 spiro atoms. The number of carboxylic acids is 1. The summed E-state index contributed by atoms with van der Waals surface area (Å²) in [6, 6.07) is 0.171. The second-order valence-electron chi connectivity index (χ2n) is 6.13. The zero-order valence-electron chi connectivity index (χ0n) is 13.6. The van der Waals surface area contributed by atoms with Crippen LogP contribution in [-0.2, 0) is 4.79 Å². The van der Waals surface area contributed by atoms with E-state index in [2.05, 4.69) is 26.1 Å². The molecule has 3 unspecified atom stereocenters. The average molecular weight is 298 g/mol. The summed E-state index contributed by atoms with van der Waals surface area (Å²) < 4.78 is 0. The van der Waals surface area contributed by atoms with Gasteiger partial charge in [0, 0.05) is 19.1 Å². The van der Waals surface area contributed by atoms with Crippen LogP contribution >= 0.6 is 0 Å². The zero-order valence-corrected chi connectivity index (χ0v) is 13.6. The second kappa shape index (κ2) is 8.90. The van der Waals surface area contributed by atoms with Crippen molar-refractivity contribution in [3.8, 4) is 0 Å². The predicted octanol–water partition coefficient (Wildman–Crippen LogP) is 3.10. The van der Waals surface area contributed by atoms with Crippen LogP contribution in [-0.4, -0.2) is 41.1 Å². The zero-order chi connectivity index (χ0) is 15.8. The smallest absolute Gasteiger partial charge is 0.317 e. The van der Waals surface area contributed by atoms with E-state index in [-0.39, 0.29) is 23.9 Å². The molecule has 2 amide bonds. The summed E-state index contributed by atoms with van der Waals surface area (Å²) in [6.45, 7) is 7.50. The average Bonchev–Trinajstić information content (AvgIpc) is 2.93. The molecule has 0 aromatic carbocycles. The Labute approximate surface area is 128 Å². The van der Waals surface area contributed by atoms with Crippen molar-refractivity contribution >= 4 is 12.0 Å². The summed E-state index contributed by atoms with van der Waals surface area (Å²) in [5.74, 6) is -0.939. The molecule has 0 bridgehead atoms. The Hall–Kier alpha value is -1.26. The number of hydrogen-bond acceptors (Lipinski definition) is 2. The molecule has 0 aromatic rings. The molecule has 0 aromatic heterocycles. The number of urea groups is 1. The maximum absolute atomic E-state index is 12.4. The summed E-state index contributed by atoms with van der Waals surface area (Å²) in [5, 5.41) is 12.1. The second-order valence-corrected chi connectivity index (χ2v) is 6.13. The Morgan fingerprint density at radius 3 is 2.62 bits per heavy atom. The van der Waals surface area contributed by atoms with Gasteiger partial charge in [-0.25, -0.2) is 4.79 Å². The quantitative estimate of drug-likeness (QED) is 0.723. The topological polar surface area (TPSA) is 69.6 Å². The minimum Gasteiger partial charge on any atom is -0.481 e. The number of nitrogens with one attached hydrogen (secondary N) is 1. The Kier molecular flexibility index (Phi) is 7.54. The maximum atomic E-state index is 12.4. The number of carboxylic acid groups (broad SMARTS) is 1. The summed E-state index contributed by atoms with van der Waals surface area (Å²) in [5.41, 5.74) is 0. The van der Waals surface area contributed by atoms with Gasteiger partial charge < -0.3 is 15.3 Å². The molecule has 5 heteroatoms. The third-order valence-corrected chi connectivity index (χ3v) is 4.63. The molecule has 0 saturated heterocycles. The molecule has 1 aliphatic carbocycles. The summed E-state index contributed by atoms with van der Waals surface area (Å²) in [7, 11) is 0. The first-order valence-electron chi connectivity index (χ1n) is 8.28. The Balaban J connectivity index is 2.50. The van der Waals surface area contributed by atoms with Gasteiger partial charge in [0.25, 0.3) is 0 Å². The molecule has 122 valence electrons. The number of rotatable bonds is 8. The van der Waals surface area contributed by atoms with Crippen LogP contribution in [0.2, 0.25) is 0 Å². The summed E-state index contributed by atoms with van der Waals surface area (Å²) in [6.07, 6.45) is 5.57. The molecule has 5 nitrogen and oxygen atoms in total. The van der Waals surface area contributed by atoms with Crippen LogP contribution in [0.3, 0.4) is 0 Å². The van der Waals surface area contributed by atoms with Crippen molar-refractivity contribution in [2.75, 3.05) is 13.1 Å². The summed E-state index contributed by atoms with van der Waals surface area (Å²) >= 11 is 0. The van der Waals surface area contributed by atoms with Crippen LogP contribution in [0, 0.1) is 11.8 Å². The van der Waals surface area contributed by atoms with Gasteiger partial charge in [-0.2, -0.15) is 0 Å². The van der Waals surface area contributed by atoms with Gasteiger partial charge in [0.1, 0.15) is 0 Å². The molecule has 0 aliphatic heterocycles. The maximum Gasteiger partial charge on any atom is 0.317 e. The lowest BCUT2D eigenvalue weighted by atomic mass is 9.96. The standard InChI is InChI=1S/C16H30N2O3/c1-4-6-10-18(12(3)5-2)16(21)17-11-13-8-7-9-14(13)15(19)20/h12-14H,4-11H2,1-3H3,(H,17,21)(H,19,20). The fourth-order valence-electron chi connectivity index (χ4n) is 3.00. The third kappa shape index (κ3) is 5.21. The van der Waals surface area contributed by atoms with Gasteiger partial charge >= 0.3 is 12.0 Å². The van der Waals surface area contributed by atoms with Crippen LogP contribution < -0.4 is 5.32 Å². The molecular formula is C16H30N2O3. The van der Waals surface area contributed by atoms with Gasteiger partial charge in [-0.3, -0.25) is 4.79 Å². The van der Waals surface area contributed by atoms with E-state index in [1.54, 1.807) is 0 Å². The number of aliphatic carboxylic acids is 1. The van der Waals surface area contributed by atoms with Gasteiger partial charge in [0.05, 0.1) is 5.92 Å². The van der Waals surface area contributed by atoms with E-state index < -0.39 is 5.97 Å². The Morgan fingerprint density at radius 1 is 1.33 bits per heavy atom. The van der Waals surface area contributed by atoms with Crippen molar-refractivity contribution < 1.29 is 14.7 Å². The van der Waals surface area contributed by atoms with E-state index in [1.807, 2.05) is 4.90 Å². The van der Waals surface area contributed by atoms with Crippen molar-refractivity contribution in [2.24, 2.45) is 11.8 Å². The highest BCUT2D eigenvalue weighted by atomic mass is 16.4. The monoisotopic (exact) mass is 298 g/mol. The first-order valence-corrected chi connectivity index (χ1v) is 8.28. The fourth-order valence-corrected chi connectivity index (χ4v) is 3.00.